The molecule has 0 aliphatic heterocycles. The lowest BCUT2D eigenvalue weighted by Crippen LogP contribution is -2.03. The Hall–Kier alpha value is -2.10. The van der Waals surface area contributed by atoms with Crippen LogP contribution in [0.3, 0.4) is 0 Å². The minimum absolute atomic E-state index is 0.0284. The third-order valence-corrected chi connectivity index (χ3v) is 2.00. The van der Waals surface area contributed by atoms with Gasteiger partial charge in [0.15, 0.2) is 17.5 Å². The maximum Gasteiger partial charge on any atom is 0.185 e. The van der Waals surface area contributed by atoms with Crippen molar-refractivity contribution in [3.63, 3.8) is 0 Å². The van der Waals surface area contributed by atoms with Gasteiger partial charge >= 0.3 is 0 Å². The van der Waals surface area contributed by atoms with Crippen molar-refractivity contribution in [1.82, 2.24) is 4.57 Å². The molecular weight excluding hydrogens is 194 g/mol. The maximum absolute atomic E-state index is 10.8. The molecule has 0 atom stereocenters. The number of hydrogen-bond acceptors (Lipinski definition) is 3. The number of rotatable bonds is 3. The fraction of sp³-hybridized carbons (Fsp3) is 0.0909. The zero-order valence-corrected chi connectivity index (χ0v) is 7.92. The van der Waals surface area contributed by atoms with E-state index >= 15 is 0 Å². The largest absolute Gasteiger partial charge is 0.456 e. The molecule has 4 heteroatoms. The van der Waals surface area contributed by atoms with Crippen LogP contribution >= 0.6 is 0 Å². The second-order valence-corrected chi connectivity index (χ2v) is 3.13. The monoisotopic (exact) mass is 203 g/mol. The summed E-state index contributed by atoms with van der Waals surface area (Å²) in [7, 11) is 0. The summed E-state index contributed by atoms with van der Waals surface area (Å²) in [6.45, 7) is 0.508. The van der Waals surface area contributed by atoms with Crippen LogP contribution in [0.4, 0.5) is 0 Å². The normalized spacial score (nSPS) is 10.1. The number of furan rings is 1. The standard InChI is InChI=1S/C11H9NO3/c13-8-11-2-1-10(15-11)7-12-5-3-9(14)4-6-12/h1-6,8H,7H2. The highest BCUT2D eigenvalue weighted by Crippen LogP contribution is 2.06. The maximum atomic E-state index is 10.8. The molecule has 0 fully saturated rings. The zero-order chi connectivity index (χ0) is 10.7. The van der Waals surface area contributed by atoms with E-state index in [0.29, 0.717) is 24.4 Å². The van der Waals surface area contributed by atoms with Gasteiger partial charge in [-0.05, 0) is 12.1 Å². The first-order valence-corrected chi connectivity index (χ1v) is 4.48. The highest BCUT2D eigenvalue weighted by Gasteiger charge is 2.00. The van der Waals surface area contributed by atoms with Crippen LogP contribution in [-0.2, 0) is 6.54 Å². The summed E-state index contributed by atoms with van der Waals surface area (Å²) in [6, 6.07) is 6.31. The lowest BCUT2D eigenvalue weighted by molar-refractivity contribution is 0.109. The first-order chi connectivity index (χ1) is 7.28. The van der Waals surface area contributed by atoms with Crippen molar-refractivity contribution in [1.29, 1.82) is 0 Å². The van der Waals surface area contributed by atoms with Crippen LogP contribution in [0.25, 0.3) is 0 Å². The molecule has 0 N–H and O–H groups in total. The van der Waals surface area contributed by atoms with Gasteiger partial charge < -0.3 is 8.98 Å². The van der Waals surface area contributed by atoms with Crippen LogP contribution < -0.4 is 5.43 Å². The summed E-state index contributed by atoms with van der Waals surface area (Å²) in [5.74, 6) is 0.992. The average molecular weight is 203 g/mol. The number of nitrogens with zero attached hydrogens (tertiary/aromatic N) is 1. The van der Waals surface area contributed by atoms with Gasteiger partial charge in [-0.3, -0.25) is 9.59 Å². The highest BCUT2D eigenvalue weighted by atomic mass is 16.3. The fourth-order valence-electron chi connectivity index (χ4n) is 1.27. The number of aldehydes is 1. The summed E-state index contributed by atoms with van der Waals surface area (Å²) in [6.07, 6.45) is 4.01. The molecule has 0 aromatic carbocycles. The van der Waals surface area contributed by atoms with Crippen molar-refractivity contribution in [2.75, 3.05) is 0 Å². The van der Waals surface area contributed by atoms with Gasteiger partial charge in [-0.25, -0.2) is 0 Å². The van der Waals surface area contributed by atoms with Gasteiger partial charge in [-0.1, -0.05) is 0 Å². The molecule has 0 amide bonds. The SMILES string of the molecule is O=Cc1ccc(Cn2ccc(=O)cc2)o1. The number of pyridine rings is 1. The van der Waals surface area contributed by atoms with E-state index in [4.69, 9.17) is 4.42 Å². The zero-order valence-electron chi connectivity index (χ0n) is 7.92. The number of aromatic nitrogens is 1. The van der Waals surface area contributed by atoms with Crippen molar-refractivity contribution in [3.8, 4) is 0 Å². The summed E-state index contributed by atoms with van der Waals surface area (Å²) in [4.78, 5) is 21.2. The Kier molecular flexibility index (Phi) is 2.49. The van der Waals surface area contributed by atoms with E-state index in [1.807, 2.05) is 0 Å². The Morgan fingerprint density at radius 3 is 2.53 bits per heavy atom. The smallest absolute Gasteiger partial charge is 0.185 e. The van der Waals surface area contributed by atoms with Crippen molar-refractivity contribution in [2.24, 2.45) is 0 Å². The van der Waals surface area contributed by atoms with E-state index < -0.39 is 0 Å². The van der Waals surface area contributed by atoms with Crippen LogP contribution in [0.15, 0.2) is 45.9 Å². The summed E-state index contributed by atoms with van der Waals surface area (Å²) < 4.78 is 7.00. The van der Waals surface area contributed by atoms with Gasteiger partial charge in [-0.15, -0.1) is 0 Å². The Labute approximate surface area is 85.8 Å². The third kappa shape index (κ3) is 2.22. The van der Waals surface area contributed by atoms with Gasteiger partial charge in [0.25, 0.3) is 0 Å². The predicted octanol–water partition coefficient (Wildman–Crippen LogP) is 1.30. The number of hydrogen-bond donors (Lipinski definition) is 0. The van der Waals surface area contributed by atoms with Crippen molar-refractivity contribution >= 4 is 6.29 Å². The van der Waals surface area contributed by atoms with Gasteiger partial charge in [0, 0.05) is 24.5 Å². The molecule has 0 unspecified atom stereocenters. The average Bonchev–Trinajstić information content (AvgIpc) is 2.69. The molecule has 2 aromatic rings. The van der Waals surface area contributed by atoms with Crippen LogP contribution in [0.1, 0.15) is 16.3 Å². The Morgan fingerprint density at radius 2 is 1.93 bits per heavy atom. The van der Waals surface area contributed by atoms with E-state index in [2.05, 4.69) is 0 Å². The van der Waals surface area contributed by atoms with Crippen molar-refractivity contribution in [2.45, 2.75) is 6.54 Å². The molecule has 4 nitrogen and oxygen atoms in total. The Morgan fingerprint density at radius 1 is 1.20 bits per heavy atom. The lowest BCUT2D eigenvalue weighted by atomic mass is 10.4. The van der Waals surface area contributed by atoms with Gasteiger partial charge in [-0.2, -0.15) is 0 Å². The second kappa shape index (κ2) is 3.96. The van der Waals surface area contributed by atoms with E-state index in [1.165, 1.54) is 12.1 Å². The van der Waals surface area contributed by atoms with Crippen LogP contribution in [0, 0.1) is 0 Å². The van der Waals surface area contributed by atoms with Crippen LogP contribution in [0.5, 0.6) is 0 Å². The number of carbonyl (C=O) groups is 1. The van der Waals surface area contributed by atoms with Crippen molar-refractivity contribution < 1.29 is 9.21 Å². The predicted molar refractivity (Wildman–Crippen MR) is 53.9 cm³/mol. The first kappa shape index (κ1) is 9.45. The lowest BCUT2D eigenvalue weighted by Gasteiger charge is -2.01. The second-order valence-electron chi connectivity index (χ2n) is 3.13. The highest BCUT2D eigenvalue weighted by molar-refractivity contribution is 5.70. The first-order valence-electron chi connectivity index (χ1n) is 4.48. The molecule has 76 valence electrons. The molecule has 0 spiro atoms. The minimum atomic E-state index is -0.0284. The van der Waals surface area contributed by atoms with Gasteiger partial charge in [0.05, 0.1) is 6.54 Å². The molecule has 2 heterocycles. The summed E-state index contributed by atoms with van der Waals surface area (Å²) in [5, 5.41) is 0. The van der Waals surface area contributed by atoms with E-state index in [9.17, 15) is 9.59 Å². The van der Waals surface area contributed by atoms with Crippen LogP contribution in [0.2, 0.25) is 0 Å². The molecular formula is C11H9NO3. The van der Waals surface area contributed by atoms with Crippen LogP contribution in [-0.4, -0.2) is 10.9 Å². The molecule has 0 saturated heterocycles. The molecule has 0 radical (unpaired) electrons. The van der Waals surface area contributed by atoms with Gasteiger partial charge in [0.1, 0.15) is 5.76 Å². The van der Waals surface area contributed by atoms with E-state index in [1.54, 1.807) is 29.1 Å². The minimum Gasteiger partial charge on any atom is -0.456 e. The molecule has 0 bridgehead atoms. The summed E-state index contributed by atoms with van der Waals surface area (Å²) in [5.41, 5.74) is -0.0284. The topological polar surface area (TPSA) is 52.2 Å². The third-order valence-electron chi connectivity index (χ3n) is 2.00. The van der Waals surface area contributed by atoms with Crippen molar-refractivity contribution in [3.05, 3.63) is 58.4 Å². The molecule has 15 heavy (non-hydrogen) atoms. The Bertz CT molecular complexity index is 504. The quantitative estimate of drug-likeness (QED) is 0.706. The molecule has 2 aromatic heterocycles. The van der Waals surface area contributed by atoms with E-state index in [0.717, 1.165) is 0 Å². The molecule has 0 aliphatic rings. The molecule has 0 saturated carbocycles. The number of carbonyl (C=O) groups excluding carboxylic acids is 1. The molecule has 0 aliphatic carbocycles. The fourth-order valence-corrected chi connectivity index (χ4v) is 1.27. The van der Waals surface area contributed by atoms with E-state index in [-0.39, 0.29) is 5.43 Å². The van der Waals surface area contributed by atoms with Gasteiger partial charge in [0.2, 0.25) is 0 Å². The summed E-state index contributed by atoms with van der Waals surface area (Å²) >= 11 is 0. The molecule has 2 rings (SSSR count). The Balaban J connectivity index is 2.17.